The maximum Gasteiger partial charge on any atom is 0.320 e. The normalized spacial score (nSPS) is 18.9. The molecule has 8 heteroatoms. The first-order valence-corrected chi connectivity index (χ1v) is 13.8. The van der Waals surface area contributed by atoms with Crippen LogP contribution >= 0.6 is 0 Å². The van der Waals surface area contributed by atoms with Gasteiger partial charge in [-0.1, -0.05) is 42.5 Å². The molecule has 2 N–H and O–H groups in total. The molecule has 3 aliphatic rings. The van der Waals surface area contributed by atoms with E-state index in [0.29, 0.717) is 18.4 Å². The van der Waals surface area contributed by atoms with E-state index < -0.39 is 0 Å². The molecule has 38 heavy (non-hydrogen) atoms. The Morgan fingerprint density at radius 2 is 1.61 bits per heavy atom. The largest absolute Gasteiger partial charge is 0.368 e. The van der Waals surface area contributed by atoms with Gasteiger partial charge in [0, 0.05) is 64.0 Å². The third kappa shape index (κ3) is 5.18. The van der Waals surface area contributed by atoms with Crippen molar-refractivity contribution in [1.29, 1.82) is 0 Å². The number of anilines is 2. The van der Waals surface area contributed by atoms with Gasteiger partial charge < -0.3 is 25.3 Å². The predicted molar refractivity (Wildman–Crippen MR) is 151 cm³/mol. The van der Waals surface area contributed by atoms with Gasteiger partial charge in [-0.05, 0) is 55.0 Å². The number of urea groups is 1. The number of aromatic nitrogens is 2. The molecule has 8 nitrogen and oxygen atoms in total. The second-order valence-electron chi connectivity index (χ2n) is 10.9. The van der Waals surface area contributed by atoms with Crippen LogP contribution in [0.15, 0.2) is 54.6 Å². The van der Waals surface area contributed by atoms with Crippen LogP contribution in [0, 0.1) is 0 Å². The van der Waals surface area contributed by atoms with Crippen LogP contribution in [0.3, 0.4) is 0 Å². The number of amides is 2. The molecule has 3 aromatic rings. The third-order valence-corrected chi connectivity index (χ3v) is 8.38. The van der Waals surface area contributed by atoms with Crippen LogP contribution in [0.1, 0.15) is 35.4 Å². The van der Waals surface area contributed by atoms with Crippen molar-refractivity contribution in [3.63, 3.8) is 0 Å². The molecule has 6 rings (SSSR count). The molecule has 2 saturated heterocycles. The van der Waals surface area contributed by atoms with Crippen molar-refractivity contribution in [3.8, 4) is 11.3 Å². The minimum absolute atomic E-state index is 0.163. The highest BCUT2D eigenvalue weighted by Crippen LogP contribution is 2.31. The van der Waals surface area contributed by atoms with Crippen LogP contribution in [0.2, 0.25) is 0 Å². The van der Waals surface area contributed by atoms with Crippen molar-refractivity contribution in [1.82, 2.24) is 24.7 Å². The number of nitrogens with zero attached hydrogens (tertiary/aromatic N) is 6. The molecule has 2 amide bonds. The van der Waals surface area contributed by atoms with Crippen LogP contribution < -0.4 is 10.6 Å². The molecule has 3 aliphatic heterocycles. The Labute approximate surface area is 225 Å². The van der Waals surface area contributed by atoms with Gasteiger partial charge in [0.25, 0.3) is 0 Å². The van der Waals surface area contributed by atoms with Gasteiger partial charge in [-0.25, -0.2) is 9.78 Å². The fourth-order valence-electron chi connectivity index (χ4n) is 6.01. The van der Waals surface area contributed by atoms with Crippen molar-refractivity contribution in [3.05, 3.63) is 71.3 Å². The summed E-state index contributed by atoms with van der Waals surface area (Å²) >= 11 is 0. The molecular formula is C30H37N7O. The van der Waals surface area contributed by atoms with Gasteiger partial charge in [-0.15, -0.1) is 0 Å². The molecule has 0 atom stereocenters. The van der Waals surface area contributed by atoms with E-state index in [1.54, 1.807) is 0 Å². The first kappa shape index (κ1) is 24.7. The van der Waals surface area contributed by atoms with Gasteiger partial charge in [0.2, 0.25) is 5.95 Å². The van der Waals surface area contributed by atoms with Crippen molar-refractivity contribution in [2.45, 2.75) is 31.7 Å². The molecule has 2 aromatic carbocycles. The maximum atomic E-state index is 13.5. The first-order chi connectivity index (χ1) is 18.5. The van der Waals surface area contributed by atoms with Crippen LogP contribution in [0.4, 0.5) is 16.6 Å². The lowest BCUT2D eigenvalue weighted by molar-refractivity contribution is 0.135. The van der Waals surface area contributed by atoms with Crippen molar-refractivity contribution >= 4 is 17.8 Å². The average molecular weight is 512 g/mol. The number of likely N-dealkylation sites (tertiary alicyclic amines) is 1. The Morgan fingerprint density at radius 1 is 0.842 bits per heavy atom. The standard InChI is InChI=1S/C30H37N7O/c1-34-15-17-35(18-16-34)28-20-27(32-29(31)33-28)25-8-7-23-11-14-37(21-26(23)19-25)30(38)36-12-9-24(10-13-36)22-5-3-2-4-6-22/h2-8,19-20,24H,9-18,21H2,1H3,(H2,31,32,33). The van der Waals surface area contributed by atoms with Crippen LogP contribution in [-0.4, -0.2) is 83.6 Å². The minimum Gasteiger partial charge on any atom is -0.368 e. The molecule has 198 valence electrons. The molecule has 0 spiro atoms. The van der Waals surface area contributed by atoms with E-state index in [-0.39, 0.29) is 6.03 Å². The zero-order valence-corrected chi connectivity index (χ0v) is 22.2. The van der Waals surface area contributed by atoms with Gasteiger partial charge in [0.05, 0.1) is 5.69 Å². The molecule has 0 unspecified atom stereocenters. The van der Waals surface area contributed by atoms with E-state index in [2.05, 4.69) is 75.3 Å². The predicted octanol–water partition coefficient (Wildman–Crippen LogP) is 3.84. The van der Waals surface area contributed by atoms with Gasteiger partial charge in [-0.2, -0.15) is 4.98 Å². The fraction of sp³-hybridized carbons (Fsp3) is 0.433. The highest BCUT2D eigenvalue weighted by Gasteiger charge is 2.29. The number of fused-ring (bicyclic) bond motifs is 1. The Morgan fingerprint density at radius 3 is 2.37 bits per heavy atom. The lowest BCUT2D eigenvalue weighted by Crippen LogP contribution is -2.48. The number of rotatable bonds is 3. The number of piperazine rings is 1. The summed E-state index contributed by atoms with van der Waals surface area (Å²) in [7, 11) is 2.14. The summed E-state index contributed by atoms with van der Waals surface area (Å²) in [5.41, 5.74) is 11.9. The quantitative estimate of drug-likeness (QED) is 0.576. The fourth-order valence-corrected chi connectivity index (χ4v) is 6.01. The van der Waals surface area contributed by atoms with E-state index in [9.17, 15) is 4.79 Å². The smallest absolute Gasteiger partial charge is 0.320 e. The van der Waals surface area contributed by atoms with Gasteiger partial charge in [0.1, 0.15) is 5.82 Å². The van der Waals surface area contributed by atoms with E-state index in [4.69, 9.17) is 5.73 Å². The number of nitrogens with two attached hydrogens (primary N) is 1. The summed E-state index contributed by atoms with van der Waals surface area (Å²) in [6.45, 7) is 6.89. The number of piperidine rings is 1. The molecule has 0 radical (unpaired) electrons. The Kier molecular flexibility index (Phi) is 6.89. The number of hydrogen-bond donors (Lipinski definition) is 1. The average Bonchev–Trinajstić information content (AvgIpc) is 2.97. The molecule has 2 fully saturated rings. The summed E-state index contributed by atoms with van der Waals surface area (Å²) in [5.74, 6) is 1.72. The monoisotopic (exact) mass is 511 g/mol. The Balaban J connectivity index is 1.14. The summed E-state index contributed by atoms with van der Waals surface area (Å²) < 4.78 is 0. The van der Waals surface area contributed by atoms with E-state index in [1.165, 1.54) is 16.7 Å². The second-order valence-corrected chi connectivity index (χ2v) is 10.9. The first-order valence-electron chi connectivity index (χ1n) is 13.8. The van der Waals surface area contributed by atoms with E-state index in [1.807, 2.05) is 15.9 Å². The highest BCUT2D eigenvalue weighted by atomic mass is 16.2. The number of carbonyl (C=O) groups excluding carboxylic acids is 1. The zero-order chi connectivity index (χ0) is 26.1. The molecule has 1 aromatic heterocycles. The number of nitrogen functional groups attached to an aromatic ring is 1. The van der Waals surface area contributed by atoms with E-state index >= 15 is 0 Å². The third-order valence-electron chi connectivity index (χ3n) is 8.38. The van der Waals surface area contributed by atoms with Gasteiger partial charge in [0.15, 0.2) is 0 Å². The summed E-state index contributed by atoms with van der Waals surface area (Å²) in [5, 5.41) is 0. The number of likely N-dealkylation sites (N-methyl/N-ethyl adjacent to an activating group) is 1. The topological polar surface area (TPSA) is 81.8 Å². The lowest BCUT2D eigenvalue weighted by Gasteiger charge is -2.38. The molecule has 0 aliphatic carbocycles. The van der Waals surface area contributed by atoms with Crippen LogP contribution in [0.5, 0.6) is 0 Å². The lowest BCUT2D eigenvalue weighted by atomic mass is 9.89. The van der Waals surface area contributed by atoms with Crippen molar-refractivity contribution in [2.24, 2.45) is 0 Å². The van der Waals surface area contributed by atoms with Crippen LogP contribution in [0.25, 0.3) is 11.3 Å². The molecule has 4 heterocycles. The molecular weight excluding hydrogens is 474 g/mol. The van der Waals surface area contributed by atoms with E-state index in [0.717, 1.165) is 82.2 Å². The SMILES string of the molecule is CN1CCN(c2cc(-c3ccc4c(c3)CN(C(=O)N3CCC(c5ccccc5)CC3)CC4)nc(N)n2)CC1. The number of carbonyl (C=O) groups is 1. The second kappa shape index (κ2) is 10.6. The molecule has 0 bridgehead atoms. The van der Waals surface area contributed by atoms with Gasteiger partial charge in [-0.3, -0.25) is 0 Å². The Bertz CT molecular complexity index is 1280. The number of hydrogen-bond acceptors (Lipinski definition) is 6. The summed E-state index contributed by atoms with van der Waals surface area (Å²) in [6.07, 6.45) is 2.92. The zero-order valence-electron chi connectivity index (χ0n) is 22.2. The Hall–Kier alpha value is -3.65. The van der Waals surface area contributed by atoms with Crippen molar-refractivity contribution in [2.75, 3.05) is 63.5 Å². The summed E-state index contributed by atoms with van der Waals surface area (Å²) in [6, 6.07) is 19.4. The number of benzene rings is 2. The van der Waals surface area contributed by atoms with Crippen LogP contribution in [-0.2, 0) is 13.0 Å². The minimum atomic E-state index is 0.163. The van der Waals surface area contributed by atoms with Gasteiger partial charge >= 0.3 is 6.03 Å². The maximum absolute atomic E-state index is 13.5. The molecule has 0 saturated carbocycles. The summed E-state index contributed by atoms with van der Waals surface area (Å²) in [4.78, 5) is 31.2. The van der Waals surface area contributed by atoms with Crippen molar-refractivity contribution < 1.29 is 4.79 Å². The highest BCUT2D eigenvalue weighted by molar-refractivity contribution is 5.75.